The second-order valence-electron chi connectivity index (χ2n) is 3.64. The second kappa shape index (κ2) is 5.11. The summed E-state index contributed by atoms with van der Waals surface area (Å²) in [5.41, 5.74) is 1.28. The summed E-state index contributed by atoms with van der Waals surface area (Å²) in [6, 6.07) is 9.60. The van der Waals surface area contributed by atoms with Gasteiger partial charge in [-0.3, -0.25) is 4.79 Å². The van der Waals surface area contributed by atoms with Crippen LogP contribution < -0.4 is 0 Å². The molecule has 84 valence electrons. The molecular weight excluding hydrogens is 278 g/mol. The van der Waals surface area contributed by atoms with Gasteiger partial charge in [-0.25, -0.2) is 4.98 Å². The van der Waals surface area contributed by atoms with E-state index in [0.717, 1.165) is 15.4 Å². The van der Waals surface area contributed by atoms with Gasteiger partial charge in [0, 0.05) is 22.7 Å². The molecule has 0 amide bonds. The zero-order valence-electron chi connectivity index (χ0n) is 9.11. The minimum Gasteiger partial charge on any atom is -0.292 e. The molecule has 0 aliphatic heterocycles. The lowest BCUT2D eigenvalue weighted by Gasteiger charge is -2.04. The van der Waals surface area contributed by atoms with Crippen LogP contribution in [0.15, 0.2) is 34.8 Å². The summed E-state index contributed by atoms with van der Waals surface area (Å²) in [5, 5.41) is 1.01. The number of para-hydroxylation sites is 1. The summed E-state index contributed by atoms with van der Waals surface area (Å²) >= 11 is 3.37. The molecule has 2 nitrogen and oxygen atoms in total. The topological polar surface area (TPSA) is 30.0 Å². The molecule has 0 unspecified atom stereocenters. The maximum absolute atomic E-state index is 11.9. The molecule has 0 N–H and O–H groups in total. The largest absolute Gasteiger partial charge is 0.292 e. The number of hydrogen-bond donors (Lipinski definition) is 0. The van der Waals surface area contributed by atoms with Gasteiger partial charge >= 0.3 is 0 Å². The second-order valence-corrected chi connectivity index (χ2v) is 4.49. The van der Waals surface area contributed by atoms with Gasteiger partial charge in [0.2, 0.25) is 0 Å². The molecular formula is C14H10BrNO. The normalized spacial score (nSPS) is 10.1. The maximum atomic E-state index is 11.9. The molecule has 2 rings (SSSR count). The first-order valence-electron chi connectivity index (χ1n) is 5.24. The number of ketones is 1. The Bertz CT molecular complexity index is 613. The van der Waals surface area contributed by atoms with Crippen LogP contribution in [0.25, 0.3) is 10.9 Å². The zero-order chi connectivity index (χ0) is 12.3. The van der Waals surface area contributed by atoms with Crippen molar-refractivity contribution in [1.29, 1.82) is 0 Å². The SMILES string of the molecule is C#CCCC(=O)c1nc2ccccc2cc1Br. The van der Waals surface area contributed by atoms with Crippen molar-refractivity contribution >= 4 is 32.6 Å². The number of halogens is 1. The van der Waals surface area contributed by atoms with Gasteiger partial charge in [-0.05, 0) is 28.1 Å². The standard InChI is InChI=1S/C14H10BrNO/c1-2-3-8-13(17)14-11(15)9-10-6-4-5-7-12(10)16-14/h1,4-7,9H,3,8H2. The third-order valence-corrected chi connectivity index (χ3v) is 3.04. The van der Waals surface area contributed by atoms with Gasteiger partial charge in [0.25, 0.3) is 0 Å². The van der Waals surface area contributed by atoms with Crippen molar-refractivity contribution in [3.8, 4) is 12.3 Å². The van der Waals surface area contributed by atoms with E-state index in [0.29, 0.717) is 18.5 Å². The van der Waals surface area contributed by atoms with Crippen LogP contribution in [0.5, 0.6) is 0 Å². The first kappa shape index (κ1) is 11.8. The third-order valence-electron chi connectivity index (χ3n) is 2.44. The van der Waals surface area contributed by atoms with Gasteiger partial charge in [0.15, 0.2) is 5.78 Å². The average Bonchev–Trinajstić information content (AvgIpc) is 2.35. The van der Waals surface area contributed by atoms with E-state index in [2.05, 4.69) is 26.8 Å². The van der Waals surface area contributed by atoms with E-state index in [4.69, 9.17) is 6.42 Å². The number of terminal acetylenes is 1. The van der Waals surface area contributed by atoms with Gasteiger partial charge < -0.3 is 0 Å². The summed E-state index contributed by atoms with van der Waals surface area (Å²) in [4.78, 5) is 16.2. The number of carbonyl (C=O) groups is 1. The van der Waals surface area contributed by atoms with Gasteiger partial charge in [0.1, 0.15) is 5.69 Å². The molecule has 3 heteroatoms. The van der Waals surface area contributed by atoms with E-state index in [9.17, 15) is 4.79 Å². The number of carbonyl (C=O) groups excluding carboxylic acids is 1. The minimum atomic E-state index is -0.0272. The van der Waals surface area contributed by atoms with Crippen LogP contribution in [0, 0.1) is 12.3 Å². The lowest BCUT2D eigenvalue weighted by molar-refractivity contribution is 0.0979. The first-order chi connectivity index (χ1) is 8.22. The Balaban J connectivity index is 2.44. The first-order valence-corrected chi connectivity index (χ1v) is 6.03. The summed E-state index contributed by atoms with van der Waals surface area (Å²) in [6.07, 6.45) is 5.93. The minimum absolute atomic E-state index is 0.0272. The summed E-state index contributed by atoms with van der Waals surface area (Å²) in [5.74, 6) is 2.43. The van der Waals surface area contributed by atoms with E-state index >= 15 is 0 Å². The molecule has 0 saturated carbocycles. The Morgan fingerprint density at radius 3 is 2.94 bits per heavy atom. The molecule has 17 heavy (non-hydrogen) atoms. The van der Waals surface area contributed by atoms with Gasteiger partial charge in [-0.15, -0.1) is 12.3 Å². The molecule has 1 aromatic carbocycles. The zero-order valence-corrected chi connectivity index (χ0v) is 10.7. The van der Waals surface area contributed by atoms with Gasteiger partial charge in [0.05, 0.1) is 5.52 Å². The molecule has 0 radical (unpaired) electrons. The molecule has 0 saturated heterocycles. The highest BCUT2D eigenvalue weighted by Crippen LogP contribution is 2.22. The molecule has 0 bridgehead atoms. The Morgan fingerprint density at radius 1 is 1.41 bits per heavy atom. The molecule has 0 aliphatic rings. The smallest absolute Gasteiger partial charge is 0.183 e. The van der Waals surface area contributed by atoms with Crippen LogP contribution >= 0.6 is 15.9 Å². The lowest BCUT2D eigenvalue weighted by atomic mass is 10.1. The predicted molar refractivity (Wildman–Crippen MR) is 71.8 cm³/mol. The van der Waals surface area contributed by atoms with Crippen LogP contribution in [0.3, 0.4) is 0 Å². The van der Waals surface area contributed by atoms with Crippen molar-refractivity contribution in [2.75, 3.05) is 0 Å². The van der Waals surface area contributed by atoms with Crippen LogP contribution in [-0.4, -0.2) is 10.8 Å². The fraction of sp³-hybridized carbons (Fsp3) is 0.143. The van der Waals surface area contributed by atoms with Crippen molar-refractivity contribution in [1.82, 2.24) is 4.98 Å². The van der Waals surface area contributed by atoms with Crippen molar-refractivity contribution in [3.05, 3.63) is 40.5 Å². The van der Waals surface area contributed by atoms with Crippen molar-refractivity contribution in [3.63, 3.8) is 0 Å². The fourth-order valence-electron chi connectivity index (χ4n) is 1.59. The molecule has 1 heterocycles. The Kier molecular flexibility index (Phi) is 3.55. The number of rotatable bonds is 3. The predicted octanol–water partition coefficient (Wildman–Crippen LogP) is 3.59. The van der Waals surface area contributed by atoms with Crippen LogP contribution in [0.1, 0.15) is 23.3 Å². The van der Waals surface area contributed by atoms with E-state index < -0.39 is 0 Å². The number of Topliss-reactive ketones (excluding diaryl/α,β-unsaturated/α-hetero) is 1. The van der Waals surface area contributed by atoms with Gasteiger partial charge in [-0.2, -0.15) is 0 Å². The Hall–Kier alpha value is -1.66. The van der Waals surface area contributed by atoms with Crippen LogP contribution in [0.2, 0.25) is 0 Å². The number of aromatic nitrogens is 1. The fourth-order valence-corrected chi connectivity index (χ4v) is 2.15. The summed E-state index contributed by atoms with van der Waals surface area (Å²) in [7, 11) is 0. The third kappa shape index (κ3) is 2.54. The van der Waals surface area contributed by atoms with E-state index in [1.807, 2.05) is 30.3 Å². The maximum Gasteiger partial charge on any atom is 0.183 e. The van der Waals surface area contributed by atoms with Gasteiger partial charge in [-0.1, -0.05) is 18.2 Å². The van der Waals surface area contributed by atoms with E-state index in [-0.39, 0.29) is 5.78 Å². The highest BCUT2D eigenvalue weighted by Gasteiger charge is 2.12. The number of fused-ring (bicyclic) bond motifs is 1. The number of nitrogens with zero attached hydrogens (tertiary/aromatic N) is 1. The summed E-state index contributed by atoms with van der Waals surface area (Å²) in [6.45, 7) is 0. The molecule has 0 aliphatic carbocycles. The molecule has 1 aromatic heterocycles. The highest BCUT2D eigenvalue weighted by molar-refractivity contribution is 9.10. The van der Waals surface area contributed by atoms with Crippen molar-refractivity contribution in [2.24, 2.45) is 0 Å². The van der Waals surface area contributed by atoms with E-state index in [1.54, 1.807) is 0 Å². The monoisotopic (exact) mass is 287 g/mol. The number of pyridine rings is 1. The van der Waals surface area contributed by atoms with Crippen molar-refractivity contribution < 1.29 is 4.79 Å². The number of benzene rings is 1. The van der Waals surface area contributed by atoms with E-state index in [1.165, 1.54) is 0 Å². The van der Waals surface area contributed by atoms with Crippen LogP contribution in [0.4, 0.5) is 0 Å². The highest BCUT2D eigenvalue weighted by atomic mass is 79.9. The molecule has 0 atom stereocenters. The molecule has 2 aromatic rings. The lowest BCUT2D eigenvalue weighted by Crippen LogP contribution is -2.03. The Labute approximate surface area is 108 Å². The van der Waals surface area contributed by atoms with Crippen molar-refractivity contribution in [2.45, 2.75) is 12.8 Å². The average molecular weight is 288 g/mol. The quantitative estimate of drug-likeness (QED) is 0.638. The van der Waals surface area contributed by atoms with Crippen LogP contribution in [-0.2, 0) is 0 Å². The Morgan fingerprint density at radius 2 is 2.18 bits per heavy atom. The summed E-state index contributed by atoms with van der Waals surface area (Å²) < 4.78 is 0.721. The molecule has 0 spiro atoms. The molecule has 0 fully saturated rings. The number of hydrogen-bond acceptors (Lipinski definition) is 2.